The third-order valence-electron chi connectivity index (χ3n) is 4.81. The van der Waals surface area contributed by atoms with Crippen LogP contribution >= 0.6 is 15.9 Å². The van der Waals surface area contributed by atoms with E-state index in [2.05, 4.69) is 25.8 Å². The van der Waals surface area contributed by atoms with Crippen molar-refractivity contribution in [1.29, 1.82) is 0 Å². The fraction of sp³-hybridized carbons (Fsp3) is 0.556. The van der Waals surface area contributed by atoms with E-state index < -0.39 is 5.66 Å². The van der Waals surface area contributed by atoms with Gasteiger partial charge in [0.05, 0.1) is 5.69 Å². The van der Waals surface area contributed by atoms with Gasteiger partial charge in [0.2, 0.25) is 11.9 Å². The van der Waals surface area contributed by atoms with Gasteiger partial charge in [-0.3, -0.25) is 4.90 Å². The average molecular weight is 423 g/mol. The van der Waals surface area contributed by atoms with Crippen LogP contribution in [-0.2, 0) is 0 Å². The maximum Gasteiger partial charge on any atom is 0.220 e. The van der Waals surface area contributed by atoms with Crippen LogP contribution in [0.1, 0.15) is 32.1 Å². The lowest BCUT2D eigenvalue weighted by molar-refractivity contribution is 0.258. The Morgan fingerprint density at radius 2 is 1.96 bits per heavy atom. The summed E-state index contributed by atoms with van der Waals surface area (Å²) in [5, 5.41) is 0. The van der Waals surface area contributed by atoms with E-state index in [1.165, 1.54) is 6.42 Å². The number of guanidine groups is 2. The Morgan fingerprint density at radius 3 is 2.65 bits per heavy atom. The molecular formula is C18H27BrN6O. The minimum Gasteiger partial charge on any atom is -0.490 e. The van der Waals surface area contributed by atoms with Crippen LogP contribution in [0, 0.1) is 0 Å². The molecule has 0 bridgehead atoms. The molecular weight excluding hydrogens is 396 g/mol. The Bertz CT molecular complexity index is 712. The first-order valence-corrected chi connectivity index (χ1v) is 9.77. The van der Waals surface area contributed by atoms with Gasteiger partial charge in [-0.05, 0) is 58.0 Å². The molecule has 1 aliphatic heterocycles. The first kappa shape index (κ1) is 19.0. The van der Waals surface area contributed by atoms with Gasteiger partial charge in [0.25, 0.3) is 0 Å². The second kappa shape index (κ2) is 7.84. The van der Waals surface area contributed by atoms with Crippen molar-refractivity contribution in [3.63, 3.8) is 0 Å². The molecule has 0 saturated heterocycles. The van der Waals surface area contributed by atoms with Crippen molar-refractivity contribution in [2.75, 3.05) is 32.1 Å². The number of ether oxygens (including phenoxy) is 1. The van der Waals surface area contributed by atoms with Gasteiger partial charge in [-0.1, -0.05) is 22.4 Å². The summed E-state index contributed by atoms with van der Waals surface area (Å²) in [6, 6.07) is 5.96. The monoisotopic (exact) mass is 422 g/mol. The topological polar surface area (TPSA) is 92.5 Å². The zero-order valence-electron chi connectivity index (χ0n) is 15.4. The molecule has 0 amide bonds. The molecule has 2 aliphatic rings. The highest BCUT2D eigenvalue weighted by Gasteiger charge is 2.43. The number of likely N-dealkylation sites (N-methyl/N-ethyl adjacent to an activating group) is 1. The smallest absolute Gasteiger partial charge is 0.220 e. The van der Waals surface area contributed by atoms with E-state index in [0.29, 0.717) is 12.6 Å². The Morgan fingerprint density at radius 1 is 1.23 bits per heavy atom. The zero-order chi connectivity index (χ0) is 18.7. The Balaban J connectivity index is 1.98. The van der Waals surface area contributed by atoms with Gasteiger partial charge in [0.15, 0.2) is 0 Å². The van der Waals surface area contributed by atoms with Gasteiger partial charge in [0, 0.05) is 11.0 Å². The first-order chi connectivity index (χ1) is 12.4. The van der Waals surface area contributed by atoms with E-state index in [9.17, 15) is 0 Å². The number of hydrogen-bond acceptors (Lipinski definition) is 7. The normalized spacial score (nSPS) is 19.5. The molecule has 7 nitrogen and oxygen atoms in total. The van der Waals surface area contributed by atoms with E-state index in [1.807, 2.05) is 37.2 Å². The van der Waals surface area contributed by atoms with E-state index in [4.69, 9.17) is 21.2 Å². The van der Waals surface area contributed by atoms with Crippen molar-refractivity contribution in [3.05, 3.63) is 22.7 Å². The summed E-state index contributed by atoms with van der Waals surface area (Å²) in [4.78, 5) is 13.1. The fourth-order valence-electron chi connectivity index (χ4n) is 3.60. The van der Waals surface area contributed by atoms with Gasteiger partial charge in [-0.15, -0.1) is 0 Å². The van der Waals surface area contributed by atoms with Crippen LogP contribution in [0.25, 0.3) is 0 Å². The number of nitrogens with two attached hydrogens (primary N) is 2. The largest absolute Gasteiger partial charge is 0.490 e. The van der Waals surface area contributed by atoms with E-state index in [1.54, 1.807) is 0 Å². The van der Waals surface area contributed by atoms with Gasteiger partial charge in [-0.2, -0.15) is 4.99 Å². The molecule has 1 saturated carbocycles. The van der Waals surface area contributed by atoms with Crippen molar-refractivity contribution in [3.8, 4) is 5.75 Å². The van der Waals surface area contributed by atoms with Crippen LogP contribution in [0.15, 0.2) is 32.7 Å². The third-order valence-corrected chi connectivity index (χ3v) is 5.30. The molecule has 0 unspecified atom stereocenters. The number of benzene rings is 1. The third kappa shape index (κ3) is 3.96. The second-order valence-corrected chi connectivity index (χ2v) is 8.00. The predicted molar refractivity (Wildman–Crippen MR) is 110 cm³/mol. The molecule has 1 fully saturated rings. The summed E-state index contributed by atoms with van der Waals surface area (Å²) in [5.41, 5.74) is 12.7. The summed E-state index contributed by atoms with van der Waals surface area (Å²) in [5.74, 6) is 1.40. The number of hydrogen-bond donors (Lipinski definition) is 2. The van der Waals surface area contributed by atoms with Gasteiger partial charge in [0.1, 0.15) is 18.0 Å². The van der Waals surface area contributed by atoms with Gasteiger partial charge >= 0.3 is 0 Å². The molecule has 3 rings (SSSR count). The molecule has 1 aromatic rings. The summed E-state index contributed by atoms with van der Waals surface area (Å²) in [6.07, 6.45) is 5.19. The standard InChI is InChI=1S/C18H27BrN6O/c1-24(2)10-11-26-15-12-13(19)6-7-14(15)25-17(21)22-16(20)23-18(25)8-4-3-5-9-18/h6-7,12H,3-5,8-11H2,1-2H3,(H4,20,21,22,23). The molecule has 0 radical (unpaired) electrons. The highest BCUT2D eigenvalue weighted by Crippen LogP contribution is 2.43. The predicted octanol–water partition coefficient (Wildman–Crippen LogP) is 2.50. The maximum atomic E-state index is 6.33. The SMILES string of the molecule is CN(C)CCOc1cc(Br)ccc1N1C(N)=NC(N)=NC12CCCCC2. The van der Waals surface area contributed by atoms with E-state index in [-0.39, 0.29) is 5.96 Å². The summed E-state index contributed by atoms with van der Waals surface area (Å²) in [6.45, 7) is 1.41. The molecule has 1 heterocycles. The number of anilines is 1. The molecule has 1 aliphatic carbocycles. The van der Waals surface area contributed by atoms with Gasteiger partial charge in [-0.25, -0.2) is 4.99 Å². The van der Waals surface area contributed by atoms with Crippen LogP contribution in [-0.4, -0.2) is 49.7 Å². The lowest BCUT2D eigenvalue weighted by atomic mass is 9.87. The number of halogens is 1. The second-order valence-electron chi connectivity index (χ2n) is 7.08. The minimum absolute atomic E-state index is 0.257. The molecule has 0 aromatic heterocycles. The Kier molecular flexibility index (Phi) is 5.72. The molecule has 1 aromatic carbocycles. The minimum atomic E-state index is -0.471. The number of aliphatic imine (C=N–C) groups is 2. The van der Waals surface area contributed by atoms with Crippen molar-refractivity contribution in [2.45, 2.75) is 37.8 Å². The summed E-state index contributed by atoms with van der Waals surface area (Å²) >= 11 is 3.54. The van der Waals surface area contributed by atoms with Crippen LogP contribution in [0.2, 0.25) is 0 Å². The lowest BCUT2D eigenvalue weighted by Gasteiger charge is -2.46. The van der Waals surface area contributed by atoms with Crippen LogP contribution in [0.4, 0.5) is 5.69 Å². The van der Waals surface area contributed by atoms with Crippen molar-refractivity contribution >= 4 is 33.5 Å². The molecule has 4 N–H and O–H groups in total. The van der Waals surface area contributed by atoms with Crippen molar-refractivity contribution in [1.82, 2.24) is 4.90 Å². The molecule has 142 valence electrons. The van der Waals surface area contributed by atoms with Crippen molar-refractivity contribution in [2.24, 2.45) is 21.5 Å². The van der Waals surface area contributed by atoms with E-state index in [0.717, 1.165) is 48.1 Å². The van der Waals surface area contributed by atoms with Crippen LogP contribution in [0.5, 0.6) is 5.75 Å². The number of nitrogens with zero attached hydrogens (tertiary/aromatic N) is 4. The Labute approximate surface area is 163 Å². The molecule has 1 spiro atoms. The number of rotatable bonds is 5. The maximum absolute atomic E-state index is 6.33. The highest BCUT2D eigenvalue weighted by atomic mass is 79.9. The van der Waals surface area contributed by atoms with Crippen LogP contribution in [0.3, 0.4) is 0 Å². The highest BCUT2D eigenvalue weighted by molar-refractivity contribution is 9.10. The van der Waals surface area contributed by atoms with E-state index >= 15 is 0 Å². The Hall–Kier alpha value is -1.80. The molecule has 26 heavy (non-hydrogen) atoms. The summed E-state index contributed by atoms with van der Waals surface area (Å²) < 4.78 is 7.04. The quantitative estimate of drug-likeness (QED) is 0.759. The van der Waals surface area contributed by atoms with Crippen molar-refractivity contribution < 1.29 is 4.74 Å². The average Bonchev–Trinajstić information content (AvgIpc) is 2.56. The summed E-state index contributed by atoms with van der Waals surface area (Å²) in [7, 11) is 4.05. The molecule has 8 heteroatoms. The zero-order valence-corrected chi connectivity index (χ0v) is 17.0. The fourth-order valence-corrected chi connectivity index (χ4v) is 3.94. The molecule has 0 atom stereocenters. The first-order valence-electron chi connectivity index (χ1n) is 8.98. The van der Waals surface area contributed by atoms with Crippen LogP contribution < -0.4 is 21.1 Å². The lowest BCUT2D eigenvalue weighted by Crippen LogP contribution is -2.58. The van der Waals surface area contributed by atoms with Gasteiger partial charge < -0.3 is 21.1 Å².